The van der Waals surface area contributed by atoms with E-state index in [1.807, 2.05) is 13.0 Å². The van der Waals surface area contributed by atoms with Crippen molar-refractivity contribution in [1.82, 2.24) is 19.7 Å². The molecule has 202 valence electrons. The first-order chi connectivity index (χ1) is 17.8. The first-order valence-corrected chi connectivity index (χ1v) is 14.1. The number of aryl methyl sites for hydroxylation is 1. The van der Waals surface area contributed by atoms with Crippen molar-refractivity contribution in [3.8, 4) is 11.3 Å². The molecule has 1 amide bonds. The Labute approximate surface area is 224 Å². The zero-order valence-corrected chi connectivity index (χ0v) is 23.4. The van der Waals surface area contributed by atoms with Crippen molar-refractivity contribution in [3.05, 3.63) is 53.7 Å². The Morgan fingerprint density at radius 2 is 1.92 bits per heavy atom. The fourth-order valence-electron chi connectivity index (χ4n) is 4.90. The Balaban J connectivity index is 1.76. The van der Waals surface area contributed by atoms with Crippen LogP contribution >= 0.6 is 0 Å². The van der Waals surface area contributed by atoms with Crippen LogP contribution in [0.3, 0.4) is 0 Å². The molecule has 11 heteroatoms. The van der Waals surface area contributed by atoms with Crippen molar-refractivity contribution in [2.75, 3.05) is 22.5 Å². The molecule has 1 fully saturated rings. The molecule has 0 spiro atoms. The maximum Gasteiger partial charge on any atom is 0.281 e. The minimum atomic E-state index is -4.25. The smallest absolute Gasteiger partial charge is 0.281 e. The summed E-state index contributed by atoms with van der Waals surface area (Å²) in [6, 6.07) is 9.79. The van der Waals surface area contributed by atoms with Gasteiger partial charge in [0.15, 0.2) is 5.03 Å². The highest BCUT2D eigenvalue weighted by Gasteiger charge is 2.39. The predicted octanol–water partition coefficient (Wildman–Crippen LogP) is 3.99. The molecule has 10 nitrogen and oxygen atoms in total. The van der Waals surface area contributed by atoms with E-state index in [-0.39, 0.29) is 28.0 Å². The largest absolute Gasteiger partial charge is 0.384 e. The minimum absolute atomic E-state index is 0.0401. The van der Waals surface area contributed by atoms with Gasteiger partial charge >= 0.3 is 0 Å². The van der Waals surface area contributed by atoms with Crippen molar-refractivity contribution >= 4 is 33.4 Å². The van der Waals surface area contributed by atoms with E-state index >= 15 is 0 Å². The Bertz CT molecular complexity index is 1470. The molecule has 0 radical (unpaired) electrons. The number of nitrogens with zero attached hydrogens (tertiary/aromatic N) is 4. The number of nitrogens with one attached hydrogen (secondary N) is 2. The van der Waals surface area contributed by atoms with E-state index in [1.165, 1.54) is 18.2 Å². The molecule has 38 heavy (non-hydrogen) atoms. The molecule has 1 aliphatic heterocycles. The molecule has 1 aliphatic rings. The molecule has 1 atom stereocenters. The first-order valence-electron chi connectivity index (χ1n) is 12.6. The molecule has 4 heterocycles. The third kappa shape index (κ3) is 5.72. The second-order valence-electron chi connectivity index (χ2n) is 10.8. The van der Waals surface area contributed by atoms with Crippen molar-refractivity contribution in [2.45, 2.75) is 64.6 Å². The van der Waals surface area contributed by atoms with Gasteiger partial charge in [-0.2, -0.15) is 8.42 Å². The maximum absolute atomic E-state index is 13.4. The highest BCUT2D eigenvalue weighted by molar-refractivity contribution is 7.90. The molecule has 4 N–H and O–H groups in total. The number of rotatable bonds is 7. The van der Waals surface area contributed by atoms with Crippen LogP contribution in [-0.4, -0.2) is 47.4 Å². The molecule has 0 saturated carbocycles. The minimum Gasteiger partial charge on any atom is -0.384 e. The second-order valence-corrected chi connectivity index (χ2v) is 12.5. The first kappa shape index (κ1) is 27.3. The van der Waals surface area contributed by atoms with Gasteiger partial charge in [0.1, 0.15) is 17.5 Å². The van der Waals surface area contributed by atoms with Crippen LogP contribution in [0.4, 0.5) is 17.5 Å². The summed E-state index contributed by atoms with van der Waals surface area (Å²) in [5.74, 6) is 0.849. The van der Waals surface area contributed by atoms with Crippen LogP contribution in [-0.2, 0) is 10.0 Å². The molecule has 3 aromatic rings. The van der Waals surface area contributed by atoms with Gasteiger partial charge in [0.2, 0.25) is 0 Å². The predicted molar refractivity (Wildman–Crippen MR) is 149 cm³/mol. The number of amides is 1. The van der Waals surface area contributed by atoms with Crippen LogP contribution in [0.25, 0.3) is 11.3 Å². The van der Waals surface area contributed by atoms with Gasteiger partial charge in [0.25, 0.3) is 15.9 Å². The van der Waals surface area contributed by atoms with Gasteiger partial charge in [-0.05, 0) is 82.9 Å². The molecule has 3 aromatic heterocycles. The second kappa shape index (κ2) is 10.2. The van der Waals surface area contributed by atoms with Crippen LogP contribution in [0.2, 0.25) is 0 Å². The van der Waals surface area contributed by atoms with Crippen LogP contribution in [0, 0.1) is 12.8 Å². The van der Waals surface area contributed by atoms with Gasteiger partial charge in [-0.25, -0.2) is 19.7 Å². The quantitative estimate of drug-likeness (QED) is 0.407. The average molecular weight is 538 g/mol. The van der Waals surface area contributed by atoms with Crippen LogP contribution in [0.15, 0.2) is 47.6 Å². The molecule has 1 saturated heterocycles. The fourth-order valence-corrected chi connectivity index (χ4v) is 5.84. The van der Waals surface area contributed by atoms with Crippen molar-refractivity contribution in [2.24, 2.45) is 5.92 Å². The van der Waals surface area contributed by atoms with E-state index in [9.17, 15) is 13.2 Å². The molecule has 0 aromatic carbocycles. The summed E-state index contributed by atoms with van der Waals surface area (Å²) in [5.41, 5.74) is 7.93. The van der Waals surface area contributed by atoms with E-state index in [0.717, 1.165) is 23.4 Å². The lowest BCUT2D eigenvalue weighted by molar-refractivity contribution is 0.0981. The van der Waals surface area contributed by atoms with Crippen LogP contribution < -0.4 is 20.7 Å². The number of hydrogen-bond acceptors (Lipinski definition) is 9. The van der Waals surface area contributed by atoms with Gasteiger partial charge in [-0.1, -0.05) is 13.0 Å². The Hall–Kier alpha value is -3.73. The van der Waals surface area contributed by atoms with Crippen LogP contribution in [0.5, 0.6) is 0 Å². The highest BCUT2D eigenvalue weighted by Crippen LogP contribution is 2.38. The van der Waals surface area contributed by atoms with E-state index in [4.69, 9.17) is 10.7 Å². The Morgan fingerprint density at radius 3 is 2.53 bits per heavy atom. The molecule has 0 aliphatic carbocycles. The summed E-state index contributed by atoms with van der Waals surface area (Å²) in [4.78, 5) is 28.8. The number of sulfonamides is 1. The summed E-state index contributed by atoms with van der Waals surface area (Å²) >= 11 is 0. The zero-order chi connectivity index (χ0) is 27.8. The number of anilines is 3. The molecule has 0 bridgehead atoms. The summed E-state index contributed by atoms with van der Waals surface area (Å²) in [7, 11) is -4.25. The monoisotopic (exact) mass is 537 g/mol. The fraction of sp³-hybridized carbons (Fsp3) is 0.407. The van der Waals surface area contributed by atoms with E-state index in [2.05, 4.69) is 59.5 Å². The lowest BCUT2D eigenvalue weighted by Crippen LogP contribution is -2.41. The molecular weight excluding hydrogens is 502 g/mol. The number of carbonyl (C=O) groups excluding carboxylic acids is 1. The number of pyridine rings is 3. The Morgan fingerprint density at radius 1 is 1.18 bits per heavy atom. The lowest BCUT2D eigenvalue weighted by atomic mass is 9.97. The van der Waals surface area contributed by atoms with Gasteiger partial charge < -0.3 is 16.0 Å². The third-order valence-corrected chi connectivity index (χ3v) is 7.73. The summed E-state index contributed by atoms with van der Waals surface area (Å²) in [6.07, 6.45) is 2.65. The highest BCUT2D eigenvalue weighted by atomic mass is 32.2. The summed E-state index contributed by atoms with van der Waals surface area (Å²) in [5, 5.41) is 2.99. The number of carbonyl (C=O) groups is 1. The van der Waals surface area contributed by atoms with E-state index in [1.54, 1.807) is 18.3 Å². The Kier molecular flexibility index (Phi) is 7.33. The van der Waals surface area contributed by atoms with Crippen molar-refractivity contribution < 1.29 is 13.2 Å². The summed E-state index contributed by atoms with van der Waals surface area (Å²) in [6.45, 7) is 13.1. The maximum atomic E-state index is 13.4. The lowest BCUT2D eigenvalue weighted by Gasteiger charge is -2.34. The number of hydrogen-bond donors (Lipinski definition) is 3. The van der Waals surface area contributed by atoms with Gasteiger partial charge in [0, 0.05) is 29.9 Å². The molecular formula is C27H35N7O3S. The van der Waals surface area contributed by atoms with Crippen molar-refractivity contribution in [1.29, 1.82) is 0 Å². The zero-order valence-electron chi connectivity index (χ0n) is 22.6. The number of aromatic nitrogens is 3. The normalized spacial score (nSPS) is 17.0. The molecule has 0 unspecified atom stereocenters. The van der Waals surface area contributed by atoms with E-state index in [0.29, 0.717) is 24.0 Å². The van der Waals surface area contributed by atoms with Gasteiger partial charge in [-0.3, -0.25) is 4.79 Å². The topological polar surface area (TPSA) is 143 Å². The van der Waals surface area contributed by atoms with Gasteiger partial charge in [0.05, 0.1) is 11.3 Å². The van der Waals surface area contributed by atoms with E-state index < -0.39 is 15.9 Å². The summed E-state index contributed by atoms with van der Waals surface area (Å²) < 4.78 is 28.0. The standard InChI is InChI=1S/C27H35N7O3S/c1-16(2)30-24-18(4)12-19(14-29-24)21-11-10-20(25(31-21)34-15-17(3)13-27(34,5)6)26(35)33-38(36,37)23-9-7-8-22(28)32-23/h7-12,14,16-17H,13,15H2,1-6H3,(H2,28,32)(H,29,30)(H,33,35)/t17-/m0/s1. The average Bonchev–Trinajstić information content (AvgIpc) is 3.11. The molecule has 4 rings (SSSR count). The number of nitrogen functional groups attached to an aromatic ring is 1. The van der Waals surface area contributed by atoms with Crippen molar-refractivity contribution in [3.63, 3.8) is 0 Å². The SMILES string of the molecule is Cc1cc(-c2ccc(C(=O)NS(=O)(=O)c3cccc(N)n3)c(N3C[C@@H](C)CC3(C)C)n2)cnc1NC(C)C. The third-order valence-electron chi connectivity index (χ3n) is 6.50. The number of nitrogens with two attached hydrogens (primary N) is 1. The van der Waals surface area contributed by atoms with Crippen LogP contribution in [0.1, 0.15) is 57.0 Å². The van der Waals surface area contributed by atoms with Gasteiger partial charge in [-0.15, -0.1) is 0 Å².